The Morgan fingerprint density at radius 2 is 0.371 bits per heavy atom. The molecule has 642 valence electrons. The quantitative estimate of drug-likeness (QED) is 0.0536. The first-order chi connectivity index (χ1) is 65.1. The summed E-state index contributed by atoms with van der Waals surface area (Å²) in [6.07, 6.45) is 20.4. The first-order valence-corrected chi connectivity index (χ1v) is 49.0. The summed E-state index contributed by atoms with van der Waals surface area (Å²) in [6, 6.07) is 131. The van der Waals surface area contributed by atoms with Gasteiger partial charge in [0, 0.05) is 99.0 Å². The first kappa shape index (κ1) is 83.2. The summed E-state index contributed by atoms with van der Waals surface area (Å²) < 4.78 is 7.47. The van der Waals surface area contributed by atoms with Gasteiger partial charge >= 0.3 is 0 Å². The third kappa shape index (κ3) is 14.4. The van der Waals surface area contributed by atoms with Gasteiger partial charge in [0.05, 0.1) is 33.1 Å². The SMILES string of the molecule is CCCCC1(CCCC)c2cc(C#Cc3ccc(-c4cc(-c5ccc(C#Cc6ccc7c(c6)C(CCCC)(CCCC)c6cc(-n8c9ccccc9c9ccccc98)ccc6-7)cc5)cc(-c5ccc(C#Cc6ccc7c(c6)C(CCCC)(CCCC)c6cc(-n8c9ccccc9c9ccccc98)ccc6-7)cc5)c4)cc3)ccc2-c2ccc(-n3c4ccccc4c4ccccc43)cc21. The van der Waals surface area contributed by atoms with Crippen LogP contribution in [0.1, 0.15) is 224 Å². The molecule has 0 radical (unpaired) electrons. The van der Waals surface area contributed by atoms with Crippen LogP contribution < -0.4 is 0 Å². The Balaban J connectivity index is 0.587. The van der Waals surface area contributed by atoms with Crippen molar-refractivity contribution in [1.82, 2.24) is 13.7 Å². The molecule has 16 aromatic carbocycles. The Kier molecular flexibility index (Phi) is 22.2. The van der Waals surface area contributed by atoms with Gasteiger partial charge in [-0.05, 0) is 302 Å². The van der Waals surface area contributed by atoms with E-state index in [1.165, 1.54) is 149 Å². The van der Waals surface area contributed by atoms with E-state index in [9.17, 15) is 0 Å². The fraction of sp³-hybridized carbons (Fsp3) is 0.209. The summed E-state index contributed by atoms with van der Waals surface area (Å²) in [5.41, 5.74) is 40.5. The number of nitrogens with zero attached hydrogens (tertiary/aromatic N) is 3. The van der Waals surface area contributed by atoms with Crippen LogP contribution in [0.5, 0.6) is 0 Å². The van der Waals surface area contributed by atoms with Crippen molar-refractivity contribution in [3.05, 3.63) is 413 Å². The predicted molar refractivity (Wildman–Crippen MR) is 559 cm³/mol. The van der Waals surface area contributed by atoms with Gasteiger partial charge in [-0.25, -0.2) is 0 Å². The van der Waals surface area contributed by atoms with Crippen LogP contribution in [-0.4, -0.2) is 13.7 Å². The molecule has 0 N–H and O–H groups in total. The Morgan fingerprint density at radius 1 is 0.182 bits per heavy atom. The Bertz CT molecular complexity index is 6990. The van der Waals surface area contributed by atoms with Gasteiger partial charge in [0.15, 0.2) is 0 Å². The van der Waals surface area contributed by atoms with Crippen LogP contribution in [0.3, 0.4) is 0 Å². The lowest BCUT2D eigenvalue weighted by atomic mass is 9.70. The van der Waals surface area contributed by atoms with Crippen LogP contribution in [0, 0.1) is 35.5 Å². The Hall–Kier alpha value is -14.4. The lowest BCUT2D eigenvalue weighted by Crippen LogP contribution is -2.25. The zero-order chi connectivity index (χ0) is 89.0. The number of fused-ring (bicyclic) bond motifs is 18. The summed E-state index contributed by atoms with van der Waals surface area (Å²) in [5, 5.41) is 7.72. The molecule has 0 atom stereocenters. The van der Waals surface area contributed by atoms with E-state index in [-0.39, 0.29) is 16.2 Å². The number of unbranched alkanes of at least 4 members (excludes halogenated alkanes) is 6. The molecule has 3 heteroatoms. The van der Waals surface area contributed by atoms with Gasteiger partial charge < -0.3 is 13.7 Å². The van der Waals surface area contributed by atoms with Crippen LogP contribution in [-0.2, 0) is 16.2 Å². The van der Waals surface area contributed by atoms with Crippen LogP contribution in [0.4, 0.5) is 0 Å². The molecule has 19 aromatic rings. The third-order valence-electron chi connectivity index (χ3n) is 29.9. The van der Waals surface area contributed by atoms with Gasteiger partial charge in [-0.15, -0.1) is 0 Å². The molecule has 3 nitrogen and oxygen atoms in total. The highest BCUT2D eigenvalue weighted by Crippen LogP contribution is 2.59. The summed E-state index contributed by atoms with van der Waals surface area (Å²) in [4.78, 5) is 0. The average molecular weight is 1700 g/mol. The minimum Gasteiger partial charge on any atom is -0.309 e. The van der Waals surface area contributed by atoms with Crippen LogP contribution in [0.25, 0.3) is 149 Å². The smallest absolute Gasteiger partial charge is 0.0541 e. The minimum atomic E-state index is -0.125. The van der Waals surface area contributed by atoms with E-state index in [1.54, 1.807) is 0 Å². The first-order valence-electron chi connectivity index (χ1n) is 49.0. The second-order valence-electron chi connectivity index (χ2n) is 37.7. The lowest BCUT2D eigenvalue weighted by molar-refractivity contribution is 0.414. The van der Waals surface area contributed by atoms with E-state index >= 15 is 0 Å². The van der Waals surface area contributed by atoms with E-state index < -0.39 is 0 Å². The lowest BCUT2D eigenvalue weighted by Gasteiger charge is -2.33. The average Bonchev–Trinajstić information content (AvgIpc) is 1.56. The standard InChI is InChI=1S/C129H111N3/c1-7-13-73-127(74-14-8-2)115-79-91(55-67-103(115)106-70-64-100(85-118(106)127)130-121-37-25-19-31-109(121)110-32-20-26-38-122(110)130)46-43-88-49-58-94(59-50-88)97-82-98(95-60-51-89(52-61-95)44-47-92-56-68-104-107-71-65-101(86-119(107)128(75-15-9-3,76-16-10-4)116(104)80-92)131-123-39-27-21-33-111(123)112-34-22-28-40-124(112)131)84-99(83-97)96-62-53-90(54-63-96)45-48-93-57-69-105-108-72-66-102(87-120(108)129(77-17-11-5,78-18-12-6)117(105)81-93)132-125-41-29-23-35-113(125)114-36-24-30-42-126(114)132/h19-42,49-72,79-87H,7-18,73-78H2,1-6H3. The van der Waals surface area contributed by atoms with Crippen LogP contribution in [0.2, 0.25) is 0 Å². The molecule has 0 unspecified atom stereocenters. The molecule has 0 spiro atoms. The zero-order valence-corrected chi connectivity index (χ0v) is 77.0. The van der Waals surface area contributed by atoms with Crippen molar-refractivity contribution < 1.29 is 0 Å². The molecule has 0 amide bonds. The molecule has 0 aliphatic heterocycles. The highest BCUT2D eigenvalue weighted by Gasteiger charge is 2.46. The van der Waals surface area contributed by atoms with Crippen molar-refractivity contribution in [2.24, 2.45) is 0 Å². The Labute approximate surface area is 778 Å². The summed E-state index contributed by atoms with van der Waals surface area (Å²) >= 11 is 0. The molecule has 0 fully saturated rings. The summed E-state index contributed by atoms with van der Waals surface area (Å²) in [7, 11) is 0. The van der Waals surface area contributed by atoms with Crippen molar-refractivity contribution in [3.8, 4) is 119 Å². The number of benzene rings is 16. The van der Waals surface area contributed by atoms with Gasteiger partial charge in [-0.3, -0.25) is 0 Å². The molecular weight excluding hydrogens is 1590 g/mol. The highest BCUT2D eigenvalue weighted by atomic mass is 15.0. The molecule has 3 aliphatic carbocycles. The monoisotopic (exact) mass is 1700 g/mol. The summed E-state index contributed by atoms with van der Waals surface area (Å²) in [6.45, 7) is 14.1. The van der Waals surface area contributed by atoms with E-state index in [2.05, 4.69) is 437 Å². The van der Waals surface area contributed by atoms with Crippen molar-refractivity contribution in [2.45, 2.75) is 173 Å². The van der Waals surface area contributed by atoms with Gasteiger partial charge in [-0.2, -0.15) is 0 Å². The highest BCUT2D eigenvalue weighted by molar-refractivity contribution is 6.12. The maximum atomic E-state index is 3.72. The second kappa shape index (κ2) is 35.1. The molecule has 22 rings (SSSR count). The number of para-hydroxylation sites is 6. The van der Waals surface area contributed by atoms with Gasteiger partial charge in [0.25, 0.3) is 0 Å². The molecule has 3 heterocycles. The number of hydrogen-bond acceptors (Lipinski definition) is 0. The molecule has 132 heavy (non-hydrogen) atoms. The fourth-order valence-electron chi connectivity index (χ4n) is 23.4. The van der Waals surface area contributed by atoms with Gasteiger partial charge in [-0.1, -0.05) is 336 Å². The normalized spacial score (nSPS) is 13.3. The molecular formula is C129H111N3. The zero-order valence-electron chi connectivity index (χ0n) is 77.0. The Morgan fingerprint density at radius 3 is 0.591 bits per heavy atom. The van der Waals surface area contributed by atoms with E-state index in [1.807, 2.05) is 0 Å². The fourth-order valence-corrected chi connectivity index (χ4v) is 23.4. The topological polar surface area (TPSA) is 14.8 Å². The number of rotatable bonds is 24. The second-order valence-corrected chi connectivity index (χ2v) is 37.7. The van der Waals surface area contributed by atoms with Gasteiger partial charge in [0.1, 0.15) is 0 Å². The largest absolute Gasteiger partial charge is 0.309 e. The van der Waals surface area contributed by atoms with E-state index in [0.717, 1.165) is 182 Å². The molecule has 3 aromatic heterocycles. The molecule has 3 aliphatic rings. The minimum absolute atomic E-state index is 0.125. The van der Waals surface area contributed by atoms with Crippen LogP contribution in [0.15, 0.2) is 346 Å². The predicted octanol–water partition coefficient (Wildman–Crippen LogP) is 34.1. The number of hydrogen-bond donors (Lipinski definition) is 0. The van der Waals surface area contributed by atoms with Crippen LogP contribution >= 0.6 is 0 Å². The maximum Gasteiger partial charge on any atom is 0.0541 e. The van der Waals surface area contributed by atoms with E-state index in [0.29, 0.717) is 0 Å². The van der Waals surface area contributed by atoms with Gasteiger partial charge in [0.2, 0.25) is 0 Å². The third-order valence-corrected chi connectivity index (χ3v) is 29.9. The number of aromatic nitrogens is 3. The summed E-state index contributed by atoms with van der Waals surface area (Å²) in [5.74, 6) is 22.2. The maximum absolute atomic E-state index is 3.72. The van der Waals surface area contributed by atoms with Crippen molar-refractivity contribution in [2.75, 3.05) is 0 Å². The molecule has 0 bridgehead atoms. The van der Waals surface area contributed by atoms with Crippen molar-refractivity contribution in [1.29, 1.82) is 0 Å². The molecule has 0 saturated carbocycles. The van der Waals surface area contributed by atoms with E-state index in [4.69, 9.17) is 0 Å². The molecule has 0 saturated heterocycles. The van der Waals surface area contributed by atoms with Crippen molar-refractivity contribution >= 4 is 65.4 Å². The van der Waals surface area contributed by atoms with Crippen molar-refractivity contribution in [3.63, 3.8) is 0 Å².